The zero-order valence-corrected chi connectivity index (χ0v) is 52.1. The Hall–Kier alpha value is -12.6. The van der Waals surface area contributed by atoms with Gasteiger partial charge in [-0.1, -0.05) is 279 Å². The highest BCUT2D eigenvalue weighted by molar-refractivity contribution is 7.00. The summed E-state index contributed by atoms with van der Waals surface area (Å²) >= 11 is 0. The van der Waals surface area contributed by atoms with E-state index < -0.39 is 0 Å². The van der Waals surface area contributed by atoms with Crippen molar-refractivity contribution in [1.29, 1.82) is 0 Å². The minimum absolute atomic E-state index is 0.326. The molecule has 0 spiro atoms. The van der Waals surface area contributed by atoms with Gasteiger partial charge in [-0.3, -0.25) is 0 Å². The molecule has 6 heteroatoms. The highest BCUT2D eigenvalue weighted by Crippen LogP contribution is 2.54. The van der Waals surface area contributed by atoms with Crippen molar-refractivity contribution in [2.45, 2.75) is 0 Å². The van der Waals surface area contributed by atoms with Gasteiger partial charge in [0.2, 0.25) is 0 Å². The lowest BCUT2D eigenvalue weighted by Crippen LogP contribution is -2.61. The molecule has 0 saturated heterocycles. The summed E-state index contributed by atoms with van der Waals surface area (Å²) in [5.74, 6) is 0. The number of aromatic nitrogens is 1. The number of hydrogen-bond donors (Lipinski definition) is 0. The molecule has 0 amide bonds. The Bertz CT molecular complexity index is 5680. The van der Waals surface area contributed by atoms with Gasteiger partial charge in [0, 0.05) is 77.3 Å². The molecule has 0 unspecified atom stereocenters. The average molecular weight is 1220 g/mol. The Balaban J connectivity index is 0.986. The fourth-order valence-corrected chi connectivity index (χ4v) is 16.1. The number of nitrogens with zero attached hydrogens (tertiary/aromatic N) is 3. The van der Waals surface area contributed by atoms with Crippen LogP contribution in [0.4, 0.5) is 34.1 Å². The molecule has 0 fully saturated rings. The molecular formula is C90H56BN3O2. The van der Waals surface area contributed by atoms with Crippen LogP contribution in [0.3, 0.4) is 0 Å². The number of furan rings is 2. The SMILES string of the molecule is c1ccc(-c2cccc(-c3ccccc3)c2N2c3ccc(-c4cccc5oc6ccccc6c45)cc3B3c4cc(-c5cccc6oc7ccccc7c56)ccc4N(c4c(-c5ccccc5)cccc4-c4ccccc4)c4cc(-n5c6ccccc6c6ccccc65)cc2c43)cc1. The fraction of sp³-hybridized carbons (Fsp3) is 0. The van der Waals surface area contributed by atoms with Gasteiger partial charge in [0.25, 0.3) is 6.71 Å². The normalized spacial score (nSPS) is 12.5. The average Bonchev–Trinajstić information content (AvgIpc) is 0.810. The van der Waals surface area contributed by atoms with Crippen molar-refractivity contribution in [3.8, 4) is 72.4 Å². The van der Waals surface area contributed by atoms with Crippen LogP contribution in [-0.4, -0.2) is 11.3 Å². The van der Waals surface area contributed by atoms with Crippen molar-refractivity contribution < 1.29 is 8.83 Å². The molecule has 0 bridgehead atoms. The van der Waals surface area contributed by atoms with E-state index in [9.17, 15) is 0 Å². The molecule has 15 aromatic carbocycles. The van der Waals surface area contributed by atoms with E-state index in [-0.39, 0.29) is 6.71 Å². The topological polar surface area (TPSA) is 37.7 Å². The maximum atomic E-state index is 6.69. The standard InChI is InChI=1S/C90H56BN3O2/c1-5-25-57(26-6-1)66-39-21-40-67(58-27-7-2-8-28-58)89(66)93-78-51-49-61(64-37-23-47-84-86(64)72-35-15-19-45-82(72)95-84)53-74(78)91-75-54-62(65-38-24-48-85-87(65)73-36-16-20-46-83(73)96-85)50-52-79(75)94(90-68(59-29-9-3-10-30-59)41-22-42-69(90)60-31-11-4-12-32-60)81-56-63(55-80(93)88(81)91)92-76-43-17-13-33-70(76)71-34-14-18-44-77(71)92/h1-56H. The van der Waals surface area contributed by atoms with Crippen molar-refractivity contribution in [2.24, 2.45) is 0 Å². The van der Waals surface area contributed by atoms with Crippen LogP contribution in [0.15, 0.2) is 349 Å². The van der Waals surface area contributed by atoms with Crippen molar-refractivity contribution in [3.63, 3.8) is 0 Å². The van der Waals surface area contributed by atoms with Gasteiger partial charge in [0.15, 0.2) is 0 Å². The van der Waals surface area contributed by atoms with Crippen LogP contribution in [-0.2, 0) is 0 Å². The second-order valence-corrected chi connectivity index (χ2v) is 25.3. The van der Waals surface area contributed by atoms with Crippen LogP contribution in [0.25, 0.3) is 138 Å². The molecule has 0 N–H and O–H groups in total. The van der Waals surface area contributed by atoms with E-state index in [1.165, 1.54) is 27.2 Å². The number of para-hydroxylation sites is 6. The quantitative estimate of drug-likeness (QED) is 0.135. The Morgan fingerprint density at radius 3 is 0.979 bits per heavy atom. The number of hydrogen-bond acceptors (Lipinski definition) is 4. The maximum absolute atomic E-state index is 6.69. The summed E-state index contributed by atoms with van der Waals surface area (Å²) in [6.07, 6.45) is 0. The van der Waals surface area contributed by atoms with E-state index >= 15 is 0 Å². The second-order valence-electron chi connectivity index (χ2n) is 25.3. The molecule has 0 aliphatic carbocycles. The third-order valence-corrected chi connectivity index (χ3v) is 20.2. The summed E-state index contributed by atoms with van der Waals surface area (Å²) in [4.78, 5) is 5.30. The van der Waals surface area contributed by atoms with Gasteiger partial charge in [-0.15, -0.1) is 0 Å². The minimum Gasteiger partial charge on any atom is -0.456 e. The minimum atomic E-state index is -0.326. The highest BCUT2D eigenvalue weighted by atomic mass is 16.3. The van der Waals surface area contributed by atoms with Gasteiger partial charge in [0.05, 0.1) is 28.1 Å². The summed E-state index contributed by atoms with van der Waals surface area (Å²) < 4.78 is 15.9. The number of benzene rings is 15. The first-order valence-corrected chi connectivity index (χ1v) is 33.0. The van der Waals surface area contributed by atoms with Crippen LogP contribution >= 0.6 is 0 Å². The molecular weight excluding hydrogens is 1170 g/mol. The largest absolute Gasteiger partial charge is 0.456 e. The van der Waals surface area contributed by atoms with Crippen molar-refractivity contribution in [1.82, 2.24) is 4.57 Å². The van der Waals surface area contributed by atoms with Gasteiger partial charge in [-0.25, -0.2) is 0 Å². The summed E-state index contributed by atoms with van der Waals surface area (Å²) in [5, 5.41) is 6.78. The number of anilines is 6. The monoisotopic (exact) mass is 1220 g/mol. The van der Waals surface area contributed by atoms with E-state index in [1.54, 1.807) is 0 Å². The van der Waals surface area contributed by atoms with Crippen LogP contribution in [0.1, 0.15) is 0 Å². The van der Waals surface area contributed by atoms with Crippen LogP contribution in [0.5, 0.6) is 0 Å². The smallest absolute Gasteiger partial charge is 0.252 e. The van der Waals surface area contributed by atoms with Gasteiger partial charge in [-0.2, -0.15) is 0 Å². The Morgan fingerprint density at radius 1 is 0.240 bits per heavy atom. The molecule has 0 radical (unpaired) electrons. The van der Waals surface area contributed by atoms with Gasteiger partial charge in [-0.05, 0) is 122 Å². The van der Waals surface area contributed by atoms with E-state index in [0.717, 1.165) is 161 Å². The van der Waals surface area contributed by atoms with Crippen LogP contribution in [0.2, 0.25) is 0 Å². The van der Waals surface area contributed by atoms with Crippen LogP contribution < -0.4 is 26.2 Å². The molecule has 0 atom stereocenters. The van der Waals surface area contributed by atoms with Crippen LogP contribution in [0, 0.1) is 0 Å². The maximum Gasteiger partial charge on any atom is 0.252 e. The molecule has 20 rings (SSSR count). The molecule has 2 aliphatic rings. The summed E-state index contributed by atoms with van der Waals surface area (Å²) in [5.41, 5.74) is 30.3. The molecule has 18 aromatic rings. The summed E-state index contributed by atoms with van der Waals surface area (Å²) in [7, 11) is 0. The molecule has 0 saturated carbocycles. The van der Waals surface area contributed by atoms with Crippen molar-refractivity contribution in [2.75, 3.05) is 9.80 Å². The molecule has 5 nitrogen and oxygen atoms in total. The van der Waals surface area contributed by atoms with Gasteiger partial charge in [0.1, 0.15) is 22.3 Å². The number of fused-ring (bicyclic) bond motifs is 13. The Morgan fingerprint density at radius 2 is 0.573 bits per heavy atom. The second kappa shape index (κ2) is 21.5. The predicted molar refractivity (Wildman–Crippen MR) is 402 cm³/mol. The fourth-order valence-electron chi connectivity index (χ4n) is 16.1. The first-order chi connectivity index (χ1) is 47.7. The zero-order chi connectivity index (χ0) is 63.0. The van der Waals surface area contributed by atoms with E-state index in [1.807, 2.05) is 0 Å². The molecule has 96 heavy (non-hydrogen) atoms. The van der Waals surface area contributed by atoms with E-state index in [2.05, 4.69) is 354 Å². The van der Waals surface area contributed by atoms with Gasteiger partial charge < -0.3 is 23.2 Å². The molecule has 3 aromatic heterocycles. The lowest BCUT2D eigenvalue weighted by Gasteiger charge is -2.46. The first-order valence-electron chi connectivity index (χ1n) is 33.0. The molecule has 5 heterocycles. The Labute approximate surface area is 554 Å². The molecule has 446 valence electrons. The van der Waals surface area contributed by atoms with Gasteiger partial charge >= 0.3 is 0 Å². The zero-order valence-electron chi connectivity index (χ0n) is 52.1. The third kappa shape index (κ3) is 8.19. The predicted octanol–water partition coefficient (Wildman–Crippen LogP) is 22.7. The first kappa shape index (κ1) is 54.0. The highest BCUT2D eigenvalue weighted by Gasteiger charge is 2.46. The third-order valence-electron chi connectivity index (χ3n) is 20.2. The molecule has 2 aliphatic heterocycles. The number of rotatable bonds is 9. The lowest BCUT2D eigenvalue weighted by molar-refractivity contribution is 0.668. The summed E-state index contributed by atoms with van der Waals surface area (Å²) in [6, 6.07) is 125. The lowest BCUT2D eigenvalue weighted by atomic mass is 9.33. The van der Waals surface area contributed by atoms with E-state index in [0.29, 0.717) is 0 Å². The Kier molecular flexibility index (Phi) is 12.1. The van der Waals surface area contributed by atoms with Crippen molar-refractivity contribution >= 4 is 123 Å². The summed E-state index contributed by atoms with van der Waals surface area (Å²) in [6.45, 7) is -0.326. The van der Waals surface area contributed by atoms with E-state index in [4.69, 9.17) is 8.83 Å². The van der Waals surface area contributed by atoms with Crippen molar-refractivity contribution in [3.05, 3.63) is 340 Å².